The van der Waals surface area contributed by atoms with E-state index in [2.05, 4.69) is 12.2 Å². The smallest absolute Gasteiger partial charge is 0.233 e. The van der Waals surface area contributed by atoms with Crippen LogP contribution in [0.25, 0.3) is 0 Å². The minimum atomic E-state index is -0.381. The summed E-state index contributed by atoms with van der Waals surface area (Å²) in [6.45, 7) is 2.80. The van der Waals surface area contributed by atoms with Gasteiger partial charge in [0.1, 0.15) is 17.9 Å². The summed E-state index contributed by atoms with van der Waals surface area (Å²) in [6, 6.07) is 3.38. The quantitative estimate of drug-likeness (QED) is 0.780. The highest BCUT2D eigenvalue weighted by atomic mass is 35.5. The fourth-order valence-electron chi connectivity index (χ4n) is 3.14. The summed E-state index contributed by atoms with van der Waals surface area (Å²) in [6.07, 6.45) is 3.86. The van der Waals surface area contributed by atoms with E-state index in [0.717, 1.165) is 32.2 Å². The van der Waals surface area contributed by atoms with E-state index in [1.807, 2.05) is 4.90 Å². The van der Waals surface area contributed by atoms with E-state index in [1.54, 1.807) is 12.1 Å². The second kappa shape index (κ2) is 8.94. The standard InChI is InChI=1S/C18H25ClN2O4/c1-4-12-7-5-6-8-21(12)18(23)11-17(22)20-14-10-15(24-2)13(19)9-16(14)25-3/h9-10,12H,4-8,11H2,1-3H3,(H,20,22). The Balaban J connectivity index is 2.05. The lowest BCUT2D eigenvalue weighted by Gasteiger charge is -2.35. The average molecular weight is 369 g/mol. The van der Waals surface area contributed by atoms with E-state index in [9.17, 15) is 9.59 Å². The molecule has 1 atom stereocenters. The Bertz CT molecular complexity index is 636. The highest BCUT2D eigenvalue weighted by Crippen LogP contribution is 2.36. The molecule has 0 spiro atoms. The minimum absolute atomic E-state index is 0.135. The number of likely N-dealkylation sites (tertiary alicyclic amines) is 1. The minimum Gasteiger partial charge on any atom is -0.495 e. The van der Waals surface area contributed by atoms with Crippen LogP contribution in [0.5, 0.6) is 11.5 Å². The summed E-state index contributed by atoms with van der Waals surface area (Å²) in [5.41, 5.74) is 0.423. The van der Waals surface area contributed by atoms with E-state index in [4.69, 9.17) is 21.1 Å². The third-order valence-corrected chi connectivity index (χ3v) is 4.77. The fraction of sp³-hybridized carbons (Fsp3) is 0.556. The summed E-state index contributed by atoms with van der Waals surface area (Å²) in [5.74, 6) is 0.319. The average Bonchev–Trinajstić information content (AvgIpc) is 2.62. The van der Waals surface area contributed by atoms with E-state index in [-0.39, 0.29) is 24.3 Å². The van der Waals surface area contributed by atoms with E-state index in [1.165, 1.54) is 14.2 Å². The monoisotopic (exact) mass is 368 g/mol. The number of ether oxygens (including phenoxy) is 2. The Morgan fingerprint density at radius 2 is 1.96 bits per heavy atom. The van der Waals surface area contributed by atoms with Gasteiger partial charge in [0.25, 0.3) is 0 Å². The summed E-state index contributed by atoms with van der Waals surface area (Å²) in [7, 11) is 2.97. The SMILES string of the molecule is CCC1CCCCN1C(=O)CC(=O)Nc1cc(OC)c(Cl)cc1OC. The van der Waals surface area contributed by atoms with Crippen molar-refractivity contribution >= 4 is 29.1 Å². The van der Waals surface area contributed by atoms with Crippen molar-refractivity contribution < 1.29 is 19.1 Å². The third kappa shape index (κ3) is 4.78. The lowest BCUT2D eigenvalue weighted by Crippen LogP contribution is -2.44. The first kappa shape index (κ1) is 19.4. The van der Waals surface area contributed by atoms with Gasteiger partial charge in [0.2, 0.25) is 11.8 Å². The first-order valence-corrected chi connectivity index (χ1v) is 8.88. The van der Waals surface area contributed by atoms with Crippen LogP contribution in [0.3, 0.4) is 0 Å². The predicted molar refractivity (Wildman–Crippen MR) is 97.4 cm³/mol. The zero-order valence-corrected chi connectivity index (χ0v) is 15.7. The van der Waals surface area contributed by atoms with Gasteiger partial charge in [-0.15, -0.1) is 0 Å². The Hall–Kier alpha value is -1.95. The summed E-state index contributed by atoms with van der Waals surface area (Å²) in [4.78, 5) is 26.6. The number of methoxy groups -OCH3 is 2. The number of amides is 2. The van der Waals surface area contributed by atoms with Gasteiger partial charge in [0.05, 0.1) is 24.9 Å². The molecule has 0 bridgehead atoms. The molecule has 1 aliphatic heterocycles. The maximum Gasteiger partial charge on any atom is 0.233 e. The molecular formula is C18H25ClN2O4. The Kier molecular flexibility index (Phi) is 6.93. The van der Waals surface area contributed by atoms with Crippen molar-refractivity contribution in [1.82, 2.24) is 4.90 Å². The van der Waals surface area contributed by atoms with Crippen LogP contribution >= 0.6 is 11.6 Å². The van der Waals surface area contributed by atoms with Crippen molar-refractivity contribution in [2.45, 2.75) is 45.1 Å². The molecule has 1 heterocycles. The summed E-state index contributed by atoms with van der Waals surface area (Å²) < 4.78 is 10.4. The van der Waals surface area contributed by atoms with E-state index >= 15 is 0 Å². The Morgan fingerprint density at radius 1 is 1.24 bits per heavy atom. The van der Waals surface area contributed by atoms with Gasteiger partial charge in [-0.1, -0.05) is 18.5 Å². The van der Waals surface area contributed by atoms with Crippen molar-refractivity contribution in [3.8, 4) is 11.5 Å². The van der Waals surface area contributed by atoms with Gasteiger partial charge < -0.3 is 19.7 Å². The fourth-order valence-corrected chi connectivity index (χ4v) is 3.38. The number of nitrogens with one attached hydrogen (secondary N) is 1. The number of piperidine rings is 1. The number of hydrogen-bond acceptors (Lipinski definition) is 4. The van der Waals surface area contributed by atoms with Crippen molar-refractivity contribution in [2.24, 2.45) is 0 Å². The van der Waals surface area contributed by atoms with Crippen LogP contribution in [0.1, 0.15) is 39.0 Å². The lowest BCUT2D eigenvalue weighted by atomic mass is 9.99. The molecule has 0 saturated carbocycles. The summed E-state index contributed by atoms with van der Waals surface area (Å²) in [5, 5.41) is 3.10. The highest BCUT2D eigenvalue weighted by Gasteiger charge is 2.26. The summed E-state index contributed by atoms with van der Waals surface area (Å²) >= 11 is 6.06. The van der Waals surface area contributed by atoms with Crippen LogP contribution in [0.15, 0.2) is 12.1 Å². The topological polar surface area (TPSA) is 67.9 Å². The van der Waals surface area contributed by atoms with Crippen molar-refractivity contribution in [3.05, 3.63) is 17.2 Å². The molecule has 7 heteroatoms. The number of carbonyl (C=O) groups excluding carboxylic acids is 2. The van der Waals surface area contributed by atoms with Crippen molar-refractivity contribution in [3.63, 3.8) is 0 Å². The van der Waals surface area contributed by atoms with Gasteiger partial charge in [-0.2, -0.15) is 0 Å². The number of halogens is 1. The molecule has 1 fully saturated rings. The highest BCUT2D eigenvalue weighted by molar-refractivity contribution is 6.32. The number of benzene rings is 1. The molecule has 1 saturated heterocycles. The molecule has 0 aliphatic carbocycles. The molecule has 1 aromatic rings. The maximum absolute atomic E-state index is 12.5. The molecule has 0 radical (unpaired) electrons. The molecule has 1 aliphatic rings. The molecule has 2 amide bonds. The number of hydrogen-bond donors (Lipinski definition) is 1. The number of nitrogens with zero attached hydrogens (tertiary/aromatic N) is 1. The normalized spacial score (nSPS) is 17.1. The Labute approximate surface area is 153 Å². The molecular weight excluding hydrogens is 344 g/mol. The van der Waals surface area contributed by atoms with E-state index in [0.29, 0.717) is 22.2 Å². The molecule has 2 rings (SSSR count). The molecule has 0 aromatic heterocycles. The van der Waals surface area contributed by atoms with Gasteiger partial charge in [-0.05, 0) is 25.7 Å². The molecule has 6 nitrogen and oxygen atoms in total. The van der Waals surface area contributed by atoms with E-state index < -0.39 is 0 Å². The number of rotatable bonds is 6. The second-order valence-corrected chi connectivity index (χ2v) is 6.46. The third-order valence-electron chi connectivity index (χ3n) is 4.48. The van der Waals surface area contributed by atoms with Crippen LogP contribution in [0.2, 0.25) is 5.02 Å². The lowest BCUT2D eigenvalue weighted by molar-refractivity contribution is -0.137. The van der Waals surface area contributed by atoms with Crippen LogP contribution in [-0.4, -0.2) is 43.5 Å². The zero-order valence-electron chi connectivity index (χ0n) is 14.9. The van der Waals surface area contributed by atoms with Gasteiger partial charge in [0, 0.05) is 24.7 Å². The van der Waals surface area contributed by atoms with Gasteiger partial charge in [0.15, 0.2) is 0 Å². The number of anilines is 1. The molecule has 1 aromatic carbocycles. The first-order chi connectivity index (χ1) is 12.0. The van der Waals surface area contributed by atoms with Crippen LogP contribution in [0.4, 0.5) is 5.69 Å². The molecule has 25 heavy (non-hydrogen) atoms. The van der Waals surface area contributed by atoms with Crippen molar-refractivity contribution in [1.29, 1.82) is 0 Å². The van der Waals surface area contributed by atoms with Crippen molar-refractivity contribution in [2.75, 3.05) is 26.1 Å². The Morgan fingerprint density at radius 3 is 2.60 bits per heavy atom. The maximum atomic E-state index is 12.5. The van der Waals surface area contributed by atoms with Gasteiger partial charge in [-0.3, -0.25) is 9.59 Å². The van der Waals surface area contributed by atoms with Gasteiger partial charge in [-0.25, -0.2) is 0 Å². The predicted octanol–water partition coefficient (Wildman–Crippen LogP) is 3.48. The molecule has 1 unspecified atom stereocenters. The second-order valence-electron chi connectivity index (χ2n) is 6.06. The van der Waals surface area contributed by atoms with Crippen LogP contribution in [0, 0.1) is 0 Å². The molecule has 138 valence electrons. The zero-order chi connectivity index (χ0) is 18.4. The number of carbonyl (C=O) groups is 2. The van der Waals surface area contributed by atoms with Gasteiger partial charge >= 0.3 is 0 Å². The molecule has 1 N–H and O–H groups in total. The van der Waals surface area contributed by atoms with Crippen LogP contribution < -0.4 is 14.8 Å². The first-order valence-electron chi connectivity index (χ1n) is 8.51. The van der Waals surface area contributed by atoms with Crippen LogP contribution in [-0.2, 0) is 9.59 Å². The largest absolute Gasteiger partial charge is 0.495 e.